The number of amides is 2. The number of hydrazone groups is 2. The highest BCUT2D eigenvalue weighted by atomic mass is 16.2. The first kappa shape index (κ1) is 27.1. The van der Waals surface area contributed by atoms with Gasteiger partial charge in [0.25, 0.3) is 11.8 Å². The second-order valence-corrected chi connectivity index (χ2v) is 9.87. The van der Waals surface area contributed by atoms with Crippen LogP contribution in [0.25, 0.3) is 0 Å². The first-order valence-electron chi connectivity index (χ1n) is 13.3. The van der Waals surface area contributed by atoms with Crippen LogP contribution in [0.2, 0.25) is 0 Å². The minimum atomic E-state index is -0.788. The molecule has 0 radical (unpaired) electrons. The Morgan fingerprint density at radius 2 is 0.947 bits per heavy atom. The number of unbranched alkanes of at least 4 members (excludes halogenated alkanes) is 5. The lowest BCUT2D eigenvalue weighted by Crippen LogP contribution is -2.32. The van der Waals surface area contributed by atoms with Crippen molar-refractivity contribution < 1.29 is 19.2 Å². The van der Waals surface area contributed by atoms with E-state index < -0.39 is 11.8 Å². The number of hydrogen-bond acceptors (Lipinski definition) is 6. The summed E-state index contributed by atoms with van der Waals surface area (Å²) in [5, 5.41) is 11.3. The van der Waals surface area contributed by atoms with Crippen molar-refractivity contribution in [3.63, 3.8) is 0 Å². The van der Waals surface area contributed by atoms with E-state index in [1.807, 2.05) is 36.4 Å². The Morgan fingerprint density at radius 3 is 1.32 bits per heavy atom. The monoisotopic (exact) mass is 514 g/mol. The van der Waals surface area contributed by atoms with Crippen LogP contribution in [-0.2, 0) is 19.2 Å². The Balaban J connectivity index is 1.11. The minimum absolute atomic E-state index is 0.0805. The average molecular weight is 515 g/mol. The zero-order valence-electron chi connectivity index (χ0n) is 22.0. The minimum Gasteiger partial charge on any atom is -0.298 e. The number of hydrogen-bond donors (Lipinski definition) is 0. The molecular formula is C30H34N4O4. The van der Waals surface area contributed by atoms with E-state index in [1.54, 1.807) is 38.1 Å². The molecule has 0 aromatic heterocycles. The molecule has 2 atom stereocenters. The molecule has 0 N–H and O–H groups in total. The first-order chi connectivity index (χ1) is 18.4. The van der Waals surface area contributed by atoms with Gasteiger partial charge in [-0.25, -0.2) is 0 Å². The van der Waals surface area contributed by atoms with Crippen LogP contribution in [0, 0.1) is 11.8 Å². The van der Waals surface area contributed by atoms with Gasteiger partial charge in [-0.05, 0) is 51.0 Å². The Hall–Kier alpha value is -3.94. The molecule has 2 aliphatic heterocycles. The molecule has 0 bridgehead atoms. The van der Waals surface area contributed by atoms with Crippen molar-refractivity contribution in [1.29, 1.82) is 0 Å². The number of para-hydroxylation sites is 2. The fraction of sp³-hybridized carbons (Fsp3) is 0.400. The third-order valence-corrected chi connectivity index (χ3v) is 7.00. The van der Waals surface area contributed by atoms with Crippen LogP contribution in [0.5, 0.6) is 0 Å². The van der Waals surface area contributed by atoms with Crippen molar-refractivity contribution in [2.45, 2.75) is 65.2 Å². The van der Waals surface area contributed by atoms with Gasteiger partial charge < -0.3 is 0 Å². The molecule has 0 aliphatic carbocycles. The molecule has 38 heavy (non-hydrogen) atoms. The molecule has 0 spiro atoms. The number of benzene rings is 2. The fourth-order valence-corrected chi connectivity index (χ4v) is 4.98. The second-order valence-electron chi connectivity index (χ2n) is 9.87. The Kier molecular flexibility index (Phi) is 8.94. The van der Waals surface area contributed by atoms with Gasteiger partial charge in [-0.1, -0.05) is 62.1 Å². The van der Waals surface area contributed by atoms with Crippen LogP contribution in [0.15, 0.2) is 70.9 Å². The fourth-order valence-electron chi connectivity index (χ4n) is 4.98. The molecule has 2 aromatic carbocycles. The summed E-state index contributed by atoms with van der Waals surface area (Å²) < 4.78 is 0. The molecule has 2 heterocycles. The van der Waals surface area contributed by atoms with Gasteiger partial charge in [0, 0.05) is 12.8 Å². The summed E-state index contributed by atoms with van der Waals surface area (Å²) in [6.45, 7) is 3.47. The summed E-state index contributed by atoms with van der Waals surface area (Å²) >= 11 is 0. The number of carbonyl (C=O) groups excluding carboxylic acids is 4. The van der Waals surface area contributed by atoms with E-state index in [2.05, 4.69) is 10.2 Å². The van der Waals surface area contributed by atoms with Crippen LogP contribution in [0.4, 0.5) is 11.4 Å². The molecule has 0 unspecified atom stereocenters. The van der Waals surface area contributed by atoms with E-state index in [1.165, 1.54) is 10.0 Å². The van der Waals surface area contributed by atoms with E-state index in [9.17, 15) is 19.2 Å². The van der Waals surface area contributed by atoms with Crippen LogP contribution in [-0.4, -0.2) is 34.8 Å². The summed E-state index contributed by atoms with van der Waals surface area (Å²) in [7, 11) is 0. The maximum Gasteiger partial charge on any atom is 0.263 e. The van der Waals surface area contributed by atoms with Gasteiger partial charge in [0.15, 0.2) is 11.6 Å². The number of rotatable bonds is 13. The smallest absolute Gasteiger partial charge is 0.263 e. The van der Waals surface area contributed by atoms with Crippen LogP contribution >= 0.6 is 0 Å². The summed E-state index contributed by atoms with van der Waals surface area (Å²) in [4.78, 5) is 51.0. The molecule has 2 aliphatic rings. The zero-order chi connectivity index (χ0) is 27.1. The lowest BCUT2D eigenvalue weighted by atomic mass is 9.94. The highest BCUT2D eigenvalue weighted by Gasteiger charge is 2.40. The molecule has 8 heteroatoms. The van der Waals surface area contributed by atoms with Gasteiger partial charge in [-0.3, -0.25) is 19.2 Å². The van der Waals surface area contributed by atoms with E-state index in [0.29, 0.717) is 35.6 Å². The van der Waals surface area contributed by atoms with E-state index in [-0.39, 0.29) is 23.4 Å². The molecular weight excluding hydrogens is 480 g/mol. The van der Waals surface area contributed by atoms with E-state index in [0.717, 1.165) is 38.5 Å². The molecule has 198 valence electrons. The largest absolute Gasteiger partial charge is 0.298 e. The normalized spacial score (nSPS) is 19.1. The quantitative estimate of drug-likeness (QED) is 0.267. The third-order valence-electron chi connectivity index (χ3n) is 7.00. The predicted molar refractivity (Wildman–Crippen MR) is 148 cm³/mol. The second kappa shape index (κ2) is 12.5. The highest BCUT2D eigenvalue weighted by Crippen LogP contribution is 2.27. The predicted octanol–water partition coefficient (Wildman–Crippen LogP) is 5.32. The number of ketones is 2. The summed E-state index contributed by atoms with van der Waals surface area (Å²) in [6.07, 6.45) is 5.83. The topological polar surface area (TPSA) is 99.5 Å². The Morgan fingerprint density at radius 1 is 0.605 bits per heavy atom. The molecule has 0 saturated carbocycles. The highest BCUT2D eigenvalue weighted by molar-refractivity contribution is 6.27. The number of anilines is 2. The molecule has 0 fully saturated rings. The SMILES string of the molecule is CC1=NN(c2ccccc2)C(=O)[C@@H]1C(=O)CCCCCCCCC(=O)[C@H]1C(=O)N(c2ccccc2)N=C1C. The van der Waals surface area contributed by atoms with Crippen molar-refractivity contribution in [2.24, 2.45) is 22.0 Å². The number of Topliss-reactive ketones (excluding diaryl/α,β-unsaturated/α-hetero) is 2. The molecule has 8 nitrogen and oxygen atoms in total. The van der Waals surface area contributed by atoms with Gasteiger partial charge in [-0.2, -0.15) is 20.2 Å². The van der Waals surface area contributed by atoms with Gasteiger partial charge >= 0.3 is 0 Å². The average Bonchev–Trinajstić information content (AvgIpc) is 3.40. The molecule has 2 amide bonds. The standard InChI is InChI=1S/C30H34N4O4/c1-21-27(29(37)33(31-21)23-15-9-7-10-16-23)25(35)19-13-5-3-4-6-14-20-26(36)28-22(2)32-34(30(28)38)24-17-11-8-12-18-24/h7-12,15-18,27-28H,3-6,13-14,19-20H2,1-2H3/t27-,28-/m0/s1. The van der Waals surface area contributed by atoms with Crippen molar-refractivity contribution in [3.8, 4) is 0 Å². The van der Waals surface area contributed by atoms with Crippen LogP contribution in [0.1, 0.15) is 65.2 Å². The van der Waals surface area contributed by atoms with Gasteiger partial charge in [0.05, 0.1) is 22.8 Å². The third kappa shape index (κ3) is 6.13. The summed E-state index contributed by atoms with van der Waals surface area (Å²) in [5.74, 6) is -2.30. The number of carbonyl (C=O) groups is 4. The lowest BCUT2D eigenvalue weighted by Gasteiger charge is -2.14. The molecule has 4 rings (SSSR count). The Bertz CT molecular complexity index is 1140. The van der Waals surface area contributed by atoms with Crippen molar-refractivity contribution in [1.82, 2.24) is 0 Å². The van der Waals surface area contributed by atoms with Crippen molar-refractivity contribution >= 4 is 46.2 Å². The van der Waals surface area contributed by atoms with Gasteiger partial charge in [0.1, 0.15) is 11.8 Å². The first-order valence-corrected chi connectivity index (χ1v) is 13.3. The van der Waals surface area contributed by atoms with E-state index >= 15 is 0 Å². The lowest BCUT2D eigenvalue weighted by molar-refractivity contribution is -0.130. The van der Waals surface area contributed by atoms with Gasteiger partial charge in [0.2, 0.25) is 0 Å². The maximum atomic E-state index is 12.8. The Labute approximate surface area is 223 Å². The van der Waals surface area contributed by atoms with E-state index in [4.69, 9.17) is 0 Å². The van der Waals surface area contributed by atoms with Crippen LogP contribution in [0.3, 0.4) is 0 Å². The van der Waals surface area contributed by atoms with Crippen molar-refractivity contribution in [2.75, 3.05) is 10.0 Å². The molecule has 2 aromatic rings. The number of nitrogens with zero attached hydrogens (tertiary/aromatic N) is 4. The van der Waals surface area contributed by atoms with Crippen molar-refractivity contribution in [3.05, 3.63) is 60.7 Å². The zero-order valence-corrected chi connectivity index (χ0v) is 22.0. The molecule has 0 saturated heterocycles. The summed E-state index contributed by atoms with van der Waals surface area (Å²) in [5.41, 5.74) is 2.42. The van der Waals surface area contributed by atoms with Crippen LogP contribution < -0.4 is 10.0 Å². The summed E-state index contributed by atoms with van der Waals surface area (Å²) in [6, 6.07) is 18.3. The maximum absolute atomic E-state index is 12.8. The van der Waals surface area contributed by atoms with Gasteiger partial charge in [-0.15, -0.1) is 0 Å².